The third kappa shape index (κ3) is 43.7. The average Bonchev–Trinajstić information content (AvgIpc) is 0.853. The van der Waals surface area contributed by atoms with Gasteiger partial charge in [-0.25, -0.2) is 4.79 Å². The fourth-order valence-electron chi connectivity index (χ4n) is 11.6. The highest BCUT2D eigenvalue weighted by molar-refractivity contribution is 7.98. The van der Waals surface area contributed by atoms with Crippen LogP contribution in [0, 0.1) is 17.8 Å². The Balaban J connectivity index is 3.42. The van der Waals surface area contributed by atoms with Gasteiger partial charge in [-0.15, -0.1) is 0 Å². The number of unbranched alkanes of at least 4 members (excludes halogenated alkanes) is 1. The Hall–Kier alpha value is -11.3. The molecule has 1 aromatic rings. The molecule has 124 heavy (non-hydrogen) atoms. The Morgan fingerprint density at radius 1 is 0.427 bits per heavy atom. The van der Waals surface area contributed by atoms with Gasteiger partial charge in [-0.2, -0.15) is 24.4 Å². The summed E-state index contributed by atoms with van der Waals surface area (Å²) >= 11 is 5.21. The summed E-state index contributed by atoms with van der Waals surface area (Å²) in [6.45, 7) is 9.16. The van der Waals surface area contributed by atoms with Crippen molar-refractivity contribution in [3.63, 3.8) is 0 Å². The Morgan fingerprint density at radius 3 is 1.26 bits per heavy atom. The highest BCUT2D eigenvalue weighted by atomic mass is 32.2. The topological polar surface area (TPSA) is 790 Å². The van der Waals surface area contributed by atoms with Crippen LogP contribution in [-0.4, -0.2) is 303 Å². The third-order valence-corrected chi connectivity index (χ3v) is 19.3. The van der Waals surface area contributed by atoms with Crippen molar-refractivity contribution in [2.75, 3.05) is 57.2 Å². The van der Waals surface area contributed by atoms with Crippen LogP contribution in [0.5, 0.6) is 0 Å². The molecule has 0 aliphatic heterocycles. The molecule has 0 aliphatic rings. The van der Waals surface area contributed by atoms with E-state index in [0.29, 0.717) is 12.0 Å². The zero-order chi connectivity index (χ0) is 94.2. The van der Waals surface area contributed by atoms with Crippen LogP contribution in [0.3, 0.4) is 0 Å². The number of guanidine groups is 2. The maximum absolute atomic E-state index is 14.4. The van der Waals surface area contributed by atoms with Crippen molar-refractivity contribution in [1.29, 1.82) is 0 Å². The lowest BCUT2D eigenvalue weighted by atomic mass is 9.99. The van der Waals surface area contributed by atoms with Crippen LogP contribution in [-0.2, 0) is 92.7 Å². The normalized spacial score (nSPS) is 15.0. The van der Waals surface area contributed by atoms with E-state index < -0.39 is 248 Å². The number of carboxylic acid groups (broad SMARTS) is 3. The van der Waals surface area contributed by atoms with Gasteiger partial charge in [0.05, 0.1) is 44.7 Å². The molecule has 1 aromatic carbocycles. The summed E-state index contributed by atoms with van der Waals surface area (Å²) in [6, 6.07) is -15.3. The van der Waals surface area contributed by atoms with Gasteiger partial charge >= 0.3 is 17.9 Å². The Morgan fingerprint density at radius 2 is 0.806 bits per heavy atom. The number of aliphatic hydroxyl groups is 3. The molecule has 0 aliphatic carbocycles. The number of aliphatic hydroxyl groups excluding tert-OH is 3. The molecule has 47 nitrogen and oxygen atoms in total. The molecule has 15 amide bonds. The number of aliphatic imine (C=N–C) groups is 2. The number of nitrogens with one attached hydrogen (secondary N) is 15. The molecule has 0 saturated carbocycles. The second-order valence-electron chi connectivity index (χ2n) is 30.2. The molecule has 0 aromatic heterocycles. The summed E-state index contributed by atoms with van der Waals surface area (Å²) in [4.78, 5) is 250. The molecule has 0 heterocycles. The lowest BCUT2D eigenvalue weighted by Gasteiger charge is -2.29. The Kier molecular flexibility index (Phi) is 52.4. The molecule has 698 valence electrons. The van der Waals surface area contributed by atoms with Crippen molar-refractivity contribution in [2.24, 2.45) is 62.1 Å². The summed E-state index contributed by atoms with van der Waals surface area (Å²) < 4.78 is 0. The largest absolute Gasteiger partial charge is 0.481 e. The first kappa shape index (κ1) is 111. The number of rotatable bonds is 61. The zero-order valence-corrected chi connectivity index (χ0v) is 72.7. The maximum Gasteiger partial charge on any atom is 0.326 e. The van der Waals surface area contributed by atoms with Gasteiger partial charge < -0.3 is 145 Å². The summed E-state index contributed by atoms with van der Waals surface area (Å²) in [7, 11) is 0. The van der Waals surface area contributed by atoms with Crippen LogP contribution < -0.4 is 114 Å². The van der Waals surface area contributed by atoms with Gasteiger partial charge in [0.1, 0.15) is 84.6 Å². The van der Waals surface area contributed by atoms with Crippen molar-refractivity contribution >= 4 is 143 Å². The predicted molar refractivity (Wildman–Crippen MR) is 455 cm³/mol. The molecule has 0 spiro atoms. The van der Waals surface area contributed by atoms with E-state index in [1.807, 2.05) is 5.32 Å². The lowest BCUT2D eigenvalue weighted by molar-refractivity contribution is -0.147. The average molecular weight is 1800 g/mol. The predicted octanol–water partition coefficient (Wildman–Crippen LogP) is -9.45. The summed E-state index contributed by atoms with van der Waals surface area (Å²) in [5, 5.41) is 95.2. The number of amides is 15. The number of nitrogens with two attached hydrogens (primary N) is 6. The van der Waals surface area contributed by atoms with Crippen molar-refractivity contribution in [1.82, 2.24) is 79.8 Å². The highest BCUT2D eigenvalue weighted by Gasteiger charge is 2.39. The molecule has 0 bridgehead atoms. The number of carbonyl (C=O) groups excluding carboxylic acids is 15. The van der Waals surface area contributed by atoms with Crippen molar-refractivity contribution in [2.45, 2.75) is 236 Å². The number of thiol groups is 1. The number of thioether (sulfide) groups is 1. The van der Waals surface area contributed by atoms with E-state index in [9.17, 15) is 112 Å². The third-order valence-electron chi connectivity index (χ3n) is 18.3. The standard InChI is InChI=1S/C75H127N23O24S2/c1-36(2)27-47(66(114)91-48(28-37(3)4)65(113)89-44(19-13-14-23-76)63(111)97-57(38(5)6)71(119)95-52(34-100)68(116)94-51(33-99)69(117)96-53(35-123)70(118)93-50(73(121)122)31-56(105)106)90-59(107)39(7)85-72(120)58(40(8)101)98-64(112)46(22-26-124-9)86-54(102)32-84-61(109)43(20-15-24-82-74(78)79)88-67(115)49(30-55(103)104)92-62(110)45(21-16-25-83-75(80)81)87-60(108)42(77)29-41-17-11-10-12-18-41/h10-12,17-18,36-40,42-53,57-58,99-101,123H,13-16,19-35,76-77H2,1-9H3,(H,84,109)(H,85,120)(H,86,102)(H,87,108)(H,88,115)(H,89,113)(H,90,107)(H,91,114)(H,92,110)(H,93,118)(H,94,116)(H,95,119)(H,96,117)(H,97,111)(H,98,112)(H,103,104)(H,105,106)(H,121,122)(H4,78,79,82)(H4,80,81,83)/t39-,40+,42-,43-,44-,45-,46-,47-,48-,49-,50-,51-,52-,53-,57-,58-/m0/s1. The zero-order valence-electron chi connectivity index (χ0n) is 71.0. The van der Waals surface area contributed by atoms with Gasteiger partial charge in [0.15, 0.2) is 11.9 Å². The van der Waals surface area contributed by atoms with Crippen LogP contribution >= 0.6 is 24.4 Å². The van der Waals surface area contributed by atoms with E-state index in [1.165, 1.54) is 32.5 Å². The number of benzene rings is 1. The van der Waals surface area contributed by atoms with Gasteiger partial charge in [0, 0.05) is 18.8 Å². The molecule has 1 rings (SSSR count). The first-order chi connectivity index (χ1) is 58.2. The number of aliphatic carboxylic acids is 3. The smallest absolute Gasteiger partial charge is 0.326 e. The molecular formula is C75H127N23O24S2. The number of carbonyl (C=O) groups is 18. The number of hydrogen-bond acceptors (Lipinski definition) is 27. The molecular weight excluding hydrogens is 1670 g/mol. The minimum Gasteiger partial charge on any atom is -0.481 e. The van der Waals surface area contributed by atoms with Gasteiger partial charge in [-0.3, -0.25) is 91.5 Å². The van der Waals surface area contributed by atoms with E-state index in [-0.39, 0.29) is 113 Å². The van der Waals surface area contributed by atoms with E-state index >= 15 is 0 Å². The number of carboxylic acids is 3. The second-order valence-corrected chi connectivity index (χ2v) is 31.6. The van der Waals surface area contributed by atoms with Gasteiger partial charge in [0.2, 0.25) is 88.6 Å². The quantitative estimate of drug-likeness (QED) is 0.0125. The molecule has 49 heteroatoms. The highest BCUT2D eigenvalue weighted by Crippen LogP contribution is 2.15. The number of nitrogens with zero attached hydrogens (tertiary/aromatic N) is 2. The Labute approximate surface area is 727 Å². The molecule has 16 atom stereocenters. The number of hydrogen-bond donors (Lipinski definition) is 28. The lowest BCUT2D eigenvalue weighted by Crippen LogP contribution is -2.62. The van der Waals surface area contributed by atoms with Crippen LogP contribution in [0.1, 0.15) is 138 Å². The Bertz CT molecular complexity index is 3790. The van der Waals surface area contributed by atoms with Crippen LogP contribution in [0.25, 0.3) is 0 Å². The molecule has 0 radical (unpaired) electrons. The van der Waals surface area contributed by atoms with E-state index in [1.54, 1.807) is 64.3 Å². The molecule has 0 saturated heterocycles. The summed E-state index contributed by atoms with van der Waals surface area (Å²) in [6.07, 6.45) is -2.03. The van der Waals surface area contributed by atoms with Crippen LogP contribution in [0.2, 0.25) is 0 Å². The molecule has 33 N–H and O–H groups in total. The van der Waals surface area contributed by atoms with Crippen molar-refractivity contribution < 1.29 is 117 Å². The van der Waals surface area contributed by atoms with E-state index in [4.69, 9.17) is 39.5 Å². The minimum absolute atomic E-state index is 0.000775. The first-order valence-electron chi connectivity index (χ1n) is 40.0. The van der Waals surface area contributed by atoms with Gasteiger partial charge in [-0.1, -0.05) is 71.9 Å². The monoisotopic (exact) mass is 1800 g/mol. The maximum atomic E-state index is 14.4. The molecule has 0 unspecified atom stereocenters. The molecule has 0 fully saturated rings. The SMILES string of the molecule is CSCC[C@H](NC(=O)CNC(=O)[C@H](CCCN=C(N)N)NC(=O)[C@H](CC(=O)O)NC(=O)[C@H](CCCN=C(N)N)NC(=O)[C@@H](N)Cc1ccccc1)C(=O)N[C@H](C(=O)N[C@@H](C)C(=O)N[C@@H](CC(C)C)C(=O)N[C@@H](CC(C)C)C(=O)N[C@@H](CCCCN)C(=O)N[C@H](C(=O)N[C@@H](CO)C(=O)N[C@@H](CO)C(=O)N[C@@H](CS)C(=O)N[C@@H](CC(=O)O)C(=O)O)C(C)C)[C@@H](C)O. The summed E-state index contributed by atoms with van der Waals surface area (Å²) in [5.41, 5.74) is 34.6. The summed E-state index contributed by atoms with van der Waals surface area (Å²) in [5.74, 6) is -22.8. The minimum atomic E-state index is -1.92. The van der Waals surface area contributed by atoms with E-state index in [2.05, 4.69) is 97.0 Å². The van der Waals surface area contributed by atoms with Crippen LogP contribution in [0.4, 0.5) is 0 Å². The van der Waals surface area contributed by atoms with Crippen molar-refractivity contribution in [3.8, 4) is 0 Å². The first-order valence-corrected chi connectivity index (χ1v) is 42.1. The van der Waals surface area contributed by atoms with Gasteiger partial charge in [0.25, 0.3) is 0 Å². The second kappa shape index (κ2) is 58.7. The fourth-order valence-corrected chi connectivity index (χ4v) is 12.3. The fraction of sp³-hybridized carbons (Fsp3) is 0.653. The van der Waals surface area contributed by atoms with Gasteiger partial charge in [-0.05, 0) is 126 Å². The van der Waals surface area contributed by atoms with Crippen molar-refractivity contribution in [3.05, 3.63) is 35.9 Å². The van der Waals surface area contributed by atoms with E-state index in [0.717, 1.165) is 6.92 Å². The van der Waals surface area contributed by atoms with Crippen LogP contribution in [0.15, 0.2) is 40.3 Å².